The van der Waals surface area contributed by atoms with Gasteiger partial charge in [0.25, 0.3) is 12.5 Å². The zero-order valence-electron chi connectivity index (χ0n) is 6.77. The molecular formula is C5H6BBrN2O4. The molecule has 70 valence electrons. The fourth-order valence-corrected chi connectivity index (χ4v) is 0.423. The number of hydrogen-bond acceptors (Lipinski definition) is 6. The smallest absolute Gasteiger partial charge is 0.429 e. The highest BCUT2D eigenvalue weighted by atomic mass is 79.9. The third-order valence-corrected chi connectivity index (χ3v) is 1.73. The van der Waals surface area contributed by atoms with E-state index in [2.05, 4.69) is 34.9 Å². The fourth-order valence-electron chi connectivity index (χ4n) is 0.315. The van der Waals surface area contributed by atoms with Crippen molar-refractivity contribution in [2.45, 2.75) is 13.0 Å². The minimum atomic E-state index is -1.45. The highest BCUT2D eigenvalue weighted by molar-refractivity contribution is 9.09. The number of nitrogens with zero attached hydrogens (tertiary/aromatic N) is 2. The molecule has 1 unspecified atom stereocenters. The van der Waals surface area contributed by atoms with E-state index in [0.717, 1.165) is 0 Å². The van der Waals surface area contributed by atoms with Crippen LogP contribution in [0, 0.1) is 23.0 Å². The largest absolute Gasteiger partial charge is 0.837 e. The van der Waals surface area contributed by atoms with Crippen LogP contribution in [0.3, 0.4) is 0 Å². The number of hydrogen-bond donors (Lipinski definition) is 0. The quantitative estimate of drug-likeness (QED) is 0.226. The van der Waals surface area contributed by atoms with Gasteiger partial charge in [0.15, 0.2) is 0 Å². The molecule has 0 aromatic rings. The van der Waals surface area contributed by atoms with Gasteiger partial charge in [-0.25, -0.2) is 9.69 Å². The molecule has 0 aliphatic rings. The first-order valence-electron chi connectivity index (χ1n) is 3.22. The maximum Gasteiger partial charge on any atom is 0.837 e. The predicted molar refractivity (Wildman–Crippen MR) is 44.6 cm³/mol. The summed E-state index contributed by atoms with van der Waals surface area (Å²) >= 11 is 3.13. The minimum absolute atomic E-state index is 0.243. The van der Waals surface area contributed by atoms with Crippen LogP contribution in [0.1, 0.15) is 6.92 Å². The van der Waals surface area contributed by atoms with Gasteiger partial charge in [-0.2, -0.15) is 10.5 Å². The van der Waals surface area contributed by atoms with Crippen molar-refractivity contribution in [3.8, 4) is 12.5 Å². The van der Waals surface area contributed by atoms with E-state index in [0.29, 0.717) is 5.33 Å². The Balaban J connectivity index is 3.70. The van der Waals surface area contributed by atoms with Crippen LogP contribution in [0.15, 0.2) is 0 Å². The summed E-state index contributed by atoms with van der Waals surface area (Å²) in [5.41, 5.74) is 0. The molecule has 0 saturated heterocycles. The zero-order valence-corrected chi connectivity index (χ0v) is 8.35. The van der Waals surface area contributed by atoms with Crippen molar-refractivity contribution in [3.05, 3.63) is 0 Å². The Labute approximate surface area is 84.2 Å². The molecule has 0 aliphatic heterocycles. The van der Waals surface area contributed by atoms with Gasteiger partial charge in [0.2, 0.25) is 0 Å². The third kappa shape index (κ3) is 6.23. The molecular weight excluding hydrogens is 243 g/mol. The average Bonchev–Trinajstić information content (AvgIpc) is 2.14. The van der Waals surface area contributed by atoms with Crippen molar-refractivity contribution in [3.63, 3.8) is 0 Å². The lowest BCUT2D eigenvalue weighted by Crippen LogP contribution is -2.26. The lowest BCUT2D eigenvalue weighted by Gasteiger charge is -2.09. The van der Waals surface area contributed by atoms with Crippen molar-refractivity contribution >= 4 is 23.3 Å². The first kappa shape index (κ1) is 12.0. The van der Waals surface area contributed by atoms with Gasteiger partial charge in [0, 0.05) is 5.33 Å². The molecule has 0 N–H and O–H groups in total. The average molecular weight is 249 g/mol. The second-order valence-electron chi connectivity index (χ2n) is 1.86. The Morgan fingerprint density at radius 2 is 1.92 bits per heavy atom. The van der Waals surface area contributed by atoms with Crippen LogP contribution in [0.5, 0.6) is 0 Å². The number of rotatable bonds is 6. The summed E-state index contributed by atoms with van der Waals surface area (Å²) in [5, 5.41) is 16.7. The number of halogens is 1. The fraction of sp³-hybridized carbons (Fsp3) is 0.600. The van der Waals surface area contributed by atoms with Gasteiger partial charge in [0.1, 0.15) is 0 Å². The van der Waals surface area contributed by atoms with E-state index in [9.17, 15) is 0 Å². The third-order valence-electron chi connectivity index (χ3n) is 0.814. The van der Waals surface area contributed by atoms with Crippen molar-refractivity contribution in [2.75, 3.05) is 5.33 Å². The molecule has 0 rings (SSSR count). The maximum atomic E-state index is 8.08. The second kappa shape index (κ2) is 7.68. The van der Waals surface area contributed by atoms with Crippen molar-refractivity contribution < 1.29 is 19.0 Å². The summed E-state index contributed by atoms with van der Waals surface area (Å²) in [4.78, 5) is 9.12. The van der Waals surface area contributed by atoms with Gasteiger partial charge < -0.3 is 9.31 Å². The summed E-state index contributed by atoms with van der Waals surface area (Å²) in [6.07, 6.45) is 2.36. The molecule has 0 spiro atoms. The molecule has 1 atom stereocenters. The summed E-state index contributed by atoms with van der Waals surface area (Å²) in [6, 6.07) is 0. The van der Waals surface area contributed by atoms with E-state index in [4.69, 9.17) is 10.5 Å². The van der Waals surface area contributed by atoms with Crippen LogP contribution < -0.4 is 0 Å². The minimum Gasteiger partial charge on any atom is -0.429 e. The number of alkyl halides is 1. The Hall–Kier alpha value is -0.955. The SMILES string of the molecule is CC(CBr)OOB(OC#N)OC#N. The first-order valence-corrected chi connectivity index (χ1v) is 4.34. The van der Waals surface area contributed by atoms with Crippen LogP contribution in [-0.2, 0) is 19.0 Å². The summed E-state index contributed by atoms with van der Waals surface area (Å²) in [6.45, 7) is 1.71. The predicted octanol–water partition coefficient (Wildman–Crippen LogP) is 0.698. The molecule has 0 aromatic heterocycles. The Morgan fingerprint density at radius 1 is 1.38 bits per heavy atom. The Morgan fingerprint density at radius 3 is 2.31 bits per heavy atom. The summed E-state index contributed by atoms with van der Waals surface area (Å²) in [5.74, 6) is 0. The van der Waals surface area contributed by atoms with E-state index in [-0.39, 0.29) is 6.10 Å². The van der Waals surface area contributed by atoms with Crippen molar-refractivity contribution in [2.24, 2.45) is 0 Å². The van der Waals surface area contributed by atoms with Crippen LogP contribution in [0.4, 0.5) is 0 Å². The molecule has 0 bridgehead atoms. The molecule has 0 aromatic carbocycles. The van der Waals surface area contributed by atoms with E-state index < -0.39 is 7.32 Å². The monoisotopic (exact) mass is 248 g/mol. The highest BCUT2D eigenvalue weighted by Crippen LogP contribution is 1.99. The van der Waals surface area contributed by atoms with E-state index in [1.807, 2.05) is 0 Å². The van der Waals surface area contributed by atoms with Gasteiger partial charge in [-0.3, -0.25) is 0 Å². The Bertz CT molecular complexity index is 200. The van der Waals surface area contributed by atoms with Crippen molar-refractivity contribution in [1.29, 1.82) is 10.5 Å². The van der Waals surface area contributed by atoms with E-state index >= 15 is 0 Å². The normalized spacial score (nSPS) is 10.8. The van der Waals surface area contributed by atoms with Gasteiger partial charge in [-0.15, -0.1) is 0 Å². The summed E-state index contributed by atoms with van der Waals surface area (Å²) in [7, 11) is -1.45. The second-order valence-corrected chi connectivity index (χ2v) is 2.51. The van der Waals surface area contributed by atoms with Crippen LogP contribution in [0.25, 0.3) is 0 Å². The van der Waals surface area contributed by atoms with Gasteiger partial charge >= 0.3 is 7.32 Å². The van der Waals surface area contributed by atoms with Crippen LogP contribution in [0.2, 0.25) is 0 Å². The highest BCUT2D eigenvalue weighted by Gasteiger charge is 2.29. The van der Waals surface area contributed by atoms with Gasteiger partial charge in [0.05, 0.1) is 6.10 Å². The maximum absolute atomic E-state index is 8.08. The van der Waals surface area contributed by atoms with E-state index in [1.54, 1.807) is 6.92 Å². The molecule has 8 heteroatoms. The molecule has 0 amide bonds. The van der Waals surface area contributed by atoms with Crippen LogP contribution >= 0.6 is 15.9 Å². The molecule has 0 fully saturated rings. The molecule has 0 aliphatic carbocycles. The summed E-state index contributed by atoms with van der Waals surface area (Å²) < 4.78 is 8.35. The number of nitriles is 2. The lowest BCUT2D eigenvalue weighted by atomic mass is 10.2. The molecule has 0 heterocycles. The standard InChI is InChI=1S/C5H6BBrN2O4/c1-5(2-7)12-13-6(10-3-8)11-4-9/h5H,2H2,1H3. The molecule has 6 nitrogen and oxygen atoms in total. The lowest BCUT2D eigenvalue weighted by molar-refractivity contribution is -0.258. The topological polar surface area (TPSA) is 84.5 Å². The first-order chi connectivity index (χ1) is 6.24. The van der Waals surface area contributed by atoms with E-state index in [1.165, 1.54) is 12.5 Å². The molecule has 0 saturated carbocycles. The van der Waals surface area contributed by atoms with Crippen molar-refractivity contribution in [1.82, 2.24) is 0 Å². The van der Waals surface area contributed by atoms with Gasteiger partial charge in [-0.1, -0.05) is 15.9 Å². The molecule has 0 radical (unpaired) electrons. The Kier molecular flexibility index (Phi) is 7.12. The van der Waals surface area contributed by atoms with Crippen LogP contribution in [-0.4, -0.2) is 18.8 Å². The van der Waals surface area contributed by atoms with Gasteiger partial charge in [-0.05, 0) is 6.92 Å². The molecule has 13 heavy (non-hydrogen) atoms. The zero-order chi connectivity index (χ0) is 10.1.